The van der Waals surface area contributed by atoms with Crippen LogP contribution in [0.5, 0.6) is 17.2 Å². The number of unbranched alkanes of at least 4 members (excludes halogenated alkanes) is 6. The van der Waals surface area contributed by atoms with Crippen LogP contribution in [0.2, 0.25) is 0 Å². The Hall–Kier alpha value is -5.05. The molecule has 0 amide bonds. The predicted molar refractivity (Wildman–Crippen MR) is 418 cm³/mol. The van der Waals surface area contributed by atoms with Crippen molar-refractivity contribution in [3.8, 4) is 17.2 Å². The Morgan fingerprint density at radius 1 is 0.430 bits per heavy atom. The number of hydrogen-bond donors (Lipinski definition) is 11. The second kappa shape index (κ2) is 50.0. The number of likely N-dealkylation sites (N-methyl/N-ethyl adjacent to an activating group) is 3. The highest BCUT2D eigenvalue weighted by Gasteiger charge is 2.48. The van der Waals surface area contributed by atoms with Gasteiger partial charge in [-0.2, -0.15) is 0 Å². The highest BCUT2D eigenvalue weighted by atomic mass is 16.5. The number of aliphatic carboxylic acids is 3. The summed E-state index contributed by atoms with van der Waals surface area (Å²) in [7, 11) is 18.5. The minimum absolute atomic E-state index is 0. The number of fused-ring (bicyclic) bond motifs is 6. The molecule has 0 bridgehead atoms. The molecule has 3 aromatic carbocycles. The van der Waals surface area contributed by atoms with E-state index in [9.17, 15) is 50.1 Å². The number of benzene rings is 3. The molecule has 107 heavy (non-hydrogen) atoms. The number of ether oxygens (including phenoxy) is 3. The Morgan fingerprint density at radius 2 is 0.692 bits per heavy atom. The van der Waals surface area contributed by atoms with Gasteiger partial charge in [0.15, 0.2) is 13.2 Å². The molecule has 0 radical (unpaired) electrons. The average Bonchev–Trinajstić information content (AvgIpc) is 1.68. The number of aliphatic hydroxyl groups is 9. The van der Waals surface area contributed by atoms with E-state index in [1.165, 1.54) is 16.7 Å². The van der Waals surface area contributed by atoms with E-state index < -0.39 is 24.5 Å². The molecule has 6 aliphatic rings. The van der Waals surface area contributed by atoms with Crippen LogP contribution in [0.25, 0.3) is 0 Å². The van der Waals surface area contributed by atoms with Crippen molar-refractivity contribution in [2.45, 2.75) is 238 Å². The molecule has 0 heterocycles. The Kier molecular flexibility index (Phi) is 45.9. The predicted octanol–water partition coefficient (Wildman–Crippen LogP) is 8.93. The number of carbonyl (C=O) groups is 3. The van der Waals surface area contributed by atoms with Gasteiger partial charge in [-0.3, -0.25) is 0 Å². The highest BCUT2D eigenvalue weighted by Crippen LogP contribution is 2.51. The number of carboxylic acids is 3. The van der Waals surface area contributed by atoms with E-state index in [0.29, 0.717) is 52.8 Å². The molecule has 6 aliphatic carbocycles. The summed E-state index contributed by atoms with van der Waals surface area (Å²) in [5.41, 5.74) is 6.92. The molecule has 0 aliphatic heterocycles. The van der Waals surface area contributed by atoms with Crippen LogP contribution in [0, 0.1) is 53.3 Å². The van der Waals surface area contributed by atoms with Crippen molar-refractivity contribution >= 4 is 17.9 Å². The zero-order valence-corrected chi connectivity index (χ0v) is 66.9. The summed E-state index contributed by atoms with van der Waals surface area (Å²) in [5.74, 6) is 1.98. The van der Waals surface area contributed by atoms with E-state index in [-0.39, 0.29) is 100 Å². The van der Waals surface area contributed by atoms with Crippen molar-refractivity contribution in [1.29, 1.82) is 0 Å². The van der Waals surface area contributed by atoms with Gasteiger partial charge in [0, 0.05) is 0 Å². The third kappa shape index (κ3) is 35.9. The van der Waals surface area contributed by atoms with Crippen LogP contribution in [0.4, 0.5) is 0 Å². The number of carboxylic acid groups (broad SMARTS) is 3. The van der Waals surface area contributed by atoms with Gasteiger partial charge in [-0.15, -0.1) is 0 Å². The Labute approximate surface area is 643 Å². The lowest BCUT2D eigenvalue weighted by Gasteiger charge is -2.32. The van der Waals surface area contributed by atoms with Crippen LogP contribution < -0.4 is 19.3 Å². The molecule has 9 rings (SSSR count). The third-order valence-electron chi connectivity index (χ3n) is 22.3. The van der Waals surface area contributed by atoms with Crippen molar-refractivity contribution in [2.24, 2.45) is 53.3 Å². The lowest BCUT2D eigenvalue weighted by Crippen LogP contribution is -2.36. The fraction of sp³-hybridized carbons (Fsp3) is 0.753. The molecule has 0 aromatic heterocycles. The summed E-state index contributed by atoms with van der Waals surface area (Å²) < 4.78 is 19.0. The van der Waals surface area contributed by atoms with Gasteiger partial charge in [0.2, 0.25) is 0 Å². The van der Waals surface area contributed by atoms with Gasteiger partial charge in [0.1, 0.15) is 43.5 Å². The number of nitrogens with zero attached hydrogens (tertiary/aromatic N) is 3. The minimum Gasteiger partial charge on any atom is -0.870 e. The summed E-state index contributed by atoms with van der Waals surface area (Å²) >= 11 is 0. The number of rotatable bonds is 36. The number of aliphatic hydroxyl groups excluding tert-OH is 9. The summed E-state index contributed by atoms with van der Waals surface area (Å²) in [6, 6.07) is 17.5. The first kappa shape index (κ1) is 98.0. The molecule has 3 saturated carbocycles. The molecule has 22 nitrogen and oxygen atoms in total. The fourth-order valence-electron chi connectivity index (χ4n) is 16.6. The first-order chi connectivity index (χ1) is 49.7. The maximum atomic E-state index is 10.8. The lowest BCUT2D eigenvalue weighted by atomic mass is 9.73. The molecule has 22 heteroatoms. The van der Waals surface area contributed by atoms with Gasteiger partial charge < -0.3 is 99.2 Å². The zero-order chi connectivity index (χ0) is 78.0. The molecule has 0 saturated heterocycles. The Morgan fingerprint density at radius 3 is 0.907 bits per heavy atom. The van der Waals surface area contributed by atoms with Crippen molar-refractivity contribution in [1.82, 2.24) is 0 Å². The van der Waals surface area contributed by atoms with Crippen molar-refractivity contribution in [3.63, 3.8) is 0 Å². The highest BCUT2D eigenvalue weighted by molar-refractivity contribution is 5.69. The number of carbonyl (C=O) groups excluding carboxylic acids is 1. The van der Waals surface area contributed by atoms with E-state index in [0.717, 1.165) is 223 Å². The largest absolute Gasteiger partial charge is 0.870 e. The van der Waals surface area contributed by atoms with Gasteiger partial charge in [0.25, 0.3) is 0 Å². The van der Waals surface area contributed by atoms with Crippen LogP contribution in [0.1, 0.15) is 196 Å². The molecule has 3 fully saturated rings. The second-order valence-electron chi connectivity index (χ2n) is 34.0. The first-order valence-electron chi connectivity index (χ1n) is 39.8. The quantitative estimate of drug-likeness (QED) is 0.0191. The van der Waals surface area contributed by atoms with Crippen LogP contribution in [-0.2, 0) is 52.9 Å². The van der Waals surface area contributed by atoms with E-state index >= 15 is 0 Å². The SMILES string of the molecule is C.CCCCC[C@H](O)CC[C@@H]1[C@H]2Cc3cccc(OCC(=O)O)c3C[C@H]2C[C@H]1O.CCCCC[C@H](O)CC[C@@H]1[C@H]2Cc3cccc(OCC(=O)O)c3C[C@H]2C[C@H]1O.CCCCC[C@H](O)CC[C@@H]1[C@H]2Cc3cccc(OCC(=O)[O-])c3C[C@H]2C[C@H]1O.C[N+](C)(C)CCO.C[N+](C)(C)CCO.C[N+](C)(C)CCO.[OH-]. The van der Waals surface area contributed by atoms with Crippen LogP contribution in [-0.4, -0.2) is 252 Å². The van der Waals surface area contributed by atoms with Crippen LogP contribution in [0.3, 0.4) is 0 Å². The van der Waals surface area contributed by atoms with Gasteiger partial charge in [-0.1, -0.05) is 122 Å². The third-order valence-corrected chi connectivity index (χ3v) is 22.3. The van der Waals surface area contributed by atoms with Gasteiger partial charge in [0.05, 0.1) is 126 Å². The molecular formula is C85H148N3O19+. The molecular weight excluding hydrogens is 1370 g/mol. The zero-order valence-electron chi connectivity index (χ0n) is 66.9. The Bertz CT molecular complexity index is 2640. The van der Waals surface area contributed by atoms with E-state index in [1.54, 1.807) is 0 Å². The summed E-state index contributed by atoms with van der Waals surface area (Å²) in [6.45, 7) is 8.75. The topological polar surface area (TPSA) is 354 Å². The van der Waals surface area contributed by atoms with Crippen LogP contribution >= 0.6 is 0 Å². The van der Waals surface area contributed by atoms with Crippen molar-refractivity contribution < 1.29 is 109 Å². The summed E-state index contributed by atoms with van der Waals surface area (Å²) in [4.78, 5) is 32.4. The van der Waals surface area contributed by atoms with E-state index in [2.05, 4.69) is 102 Å². The fourth-order valence-corrected chi connectivity index (χ4v) is 16.6. The molecule has 0 unspecified atom stereocenters. The van der Waals surface area contributed by atoms with E-state index in [1.807, 2.05) is 36.4 Å². The molecule has 12 N–H and O–H groups in total. The maximum Gasteiger partial charge on any atom is 0.341 e. The summed E-state index contributed by atoms with van der Waals surface area (Å²) in [5, 5.41) is 117. The van der Waals surface area contributed by atoms with Gasteiger partial charge in [-0.25, -0.2) is 9.59 Å². The van der Waals surface area contributed by atoms with Crippen molar-refractivity contribution in [2.75, 3.05) is 123 Å². The monoisotopic (exact) mass is 1520 g/mol. The second-order valence-corrected chi connectivity index (χ2v) is 34.0. The molecule has 616 valence electrons. The standard InChI is InChI=1S/3C23H34O5.3C5H14NO.CH4.H2O/c3*1-2-3-4-7-17(24)9-10-18-19-11-15-6-5-8-22(28-14-23(26)27)20(15)12-16(19)13-21(18)25;3*1-6(2,3)4-5-7;;/h3*5-6,8,16-19,21,24-25H,2-4,7,9-14H2,1H3,(H,26,27);3*7H,4-5H2,1-3H3;1H4;1H2/q;;;3*+1;;/p-2/t3*16-,17-,18+,19-,21+;;;;;/m000...../s1. The van der Waals surface area contributed by atoms with Gasteiger partial charge >= 0.3 is 11.9 Å². The van der Waals surface area contributed by atoms with Crippen molar-refractivity contribution in [3.05, 3.63) is 88.0 Å². The Balaban J connectivity index is 0.000000475. The first-order valence-corrected chi connectivity index (χ1v) is 39.8. The molecule has 15 atom stereocenters. The van der Waals surface area contributed by atoms with E-state index in [4.69, 9.17) is 39.7 Å². The van der Waals surface area contributed by atoms with Gasteiger partial charge in [-0.05, 0) is 220 Å². The normalized spacial score (nSPS) is 23.6. The molecule has 0 spiro atoms. The maximum absolute atomic E-state index is 10.8. The summed E-state index contributed by atoms with van der Waals surface area (Å²) in [6.07, 6.45) is 23.5. The smallest absolute Gasteiger partial charge is 0.341 e. The number of hydrogen-bond acceptors (Lipinski definition) is 17. The lowest BCUT2D eigenvalue weighted by molar-refractivity contribution is -0.870. The average molecular weight is 1520 g/mol. The number of quaternary nitrogens is 3. The molecule has 3 aromatic rings. The minimum atomic E-state index is -1.22. The van der Waals surface area contributed by atoms with Crippen LogP contribution in [0.15, 0.2) is 54.6 Å².